The number of para-hydroxylation sites is 2. The molecule has 5 aromatic rings. The van der Waals surface area contributed by atoms with Gasteiger partial charge in [0.05, 0.1) is 28.5 Å². The van der Waals surface area contributed by atoms with Crippen molar-refractivity contribution in [1.82, 2.24) is 9.97 Å². The summed E-state index contributed by atoms with van der Waals surface area (Å²) in [7, 11) is 1.48. The molecule has 0 aliphatic heterocycles. The van der Waals surface area contributed by atoms with Crippen molar-refractivity contribution < 1.29 is 14.3 Å². The van der Waals surface area contributed by atoms with Crippen molar-refractivity contribution >= 4 is 51.2 Å². The van der Waals surface area contributed by atoms with Crippen molar-refractivity contribution in [2.75, 3.05) is 12.5 Å². The molecule has 0 fully saturated rings. The highest BCUT2D eigenvalue weighted by atomic mass is 35.5. The third kappa shape index (κ3) is 3.72. The van der Waals surface area contributed by atoms with Crippen molar-refractivity contribution in [3.8, 4) is 22.8 Å². The summed E-state index contributed by atoms with van der Waals surface area (Å²) in [6.45, 7) is 0. The van der Waals surface area contributed by atoms with E-state index in [4.69, 9.17) is 32.4 Å². The van der Waals surface area contributed by atoms with Crippen molar-refractivity contribution in [3.05, 3.63) is 76.1 Å². The number of phenolic OH excluding ortho intramolecular Hbond substituents is 1. The summed E-state index contributed by atoms with van der Waals surface area (Å²) in [5.74, 6) is 1.31. The van der Waals surface area contributed by atoms with Crippen LogP contribution in [0.3, 0.4) is 0 Å². The fraction of sp³-hybridized carbons (Fsp3) is 0.0435. The first-order valence-corrected chi connectivity index (χ1v) is 10.3. The molecule has 0 saturated heterocycles. The number of methoxy groups -OCH3 is 1. The molecule has 9 heteroatoms. The molecule has 7 nitrogen and oxygen atoms in total. The van der Waals surface area contributed by atoms with Crippen LogP contribution in [0.2, 0.25) is 10.0 Å². The SMILES string of the molecule is COc1cc(-c2cc(=NNc3nc4ccccc4[nH]3)c3cc(Cl)cc(Cl)c3o2)ccc1O. The lowest BCUT2D eigenvalue weighted by molar-refractivity contribution is 0.373. The summed E-state index contributed by atoms with van der Waals surface area (Å²) in [6.07, 6.45) is 0. The number of imidazole rings is 1. The summed E-state index contributed by atoms with van der Waals surface area (Å²) in [5, 5.41) is 16.4. The van der Waals surface area contributed by atoms with Gasteiger partial charge < -0.3 is 19.2 Å². The minimum Gasteiger partial charge on any atom is -0.504 e. The molecular weight excluding hydrogens is 451 g/mol. The molecule has 5 rings (SSSR count). The number of halogens is 2. The van der Waals surface area contributed by atoms with Crippen LogP contribution in [0.15, 0.2) is 70.2 Å². The Morgan fingerprint density at radius 2 is 1.94 bits per heavy atom. The Hall–Kier alpha value is -3.68. The smallest absolute Gasteiger partial charge is 0.222 e. The molecule has 0 radical (unpaired) electrons. The third-order valence-electron chi connectivity index (χ3n) is 4.90. The van der Waals surface area contributed by atoms with Gasteiger partial charge in [-0.2, -0.15) is 5.10 Å². The predicted octanol–water partition coefficient (Wildman–Crippen LogP) is 5.92. The Morgan fingerprint density at radius 3 is 2.75 bits per heavy atom. The molecule has 160 valence electrons. The quantitative estimate of drug-likeness (QED) is 0.285. The zero-order valence-electron chi connectivity index (χ0n) is 16.7. The maximum Gasteiger partial charge on any atom is 0.222 e. The summed E-state index contributed by atoms with van der Waals surface area (Å²) in [4.78, 5) is 7.64. The first-order valence-electron chi connectivity index (χ1n) is 9.56. The summed E-state index contributed by atoms with van der Waals surface area (Å²) < 4.78 is 11.3. The molecule has 2 aromatic heterocycles. The third-order valence-corrected chi connectivity index (χ3v) is 5.40. The van der Waals surface area contributed by atoms with Gasteiger partial charge in [0.25, 0.3) is 0 Å². The van der Waals surface area contributed by atoms with E-state index in [1.807, 2.05) is 24.3 Å². The van der Waals surface area contributed by atoms with Gasteiger partial charge in [-0.05, 0) is 42.5 Å². The fourth-order valence-corrected chi connectivity index (χ4v) is 3.91. The number of fused-ring (bicyclic) bond motifs is 2. The van der Waals surface area contributed by atoms with E-state index < -0.39 is 0 Å². The Balaban J connectivity index is 1.68. The molecule has 0 aliphatic rings. The van der Waals surface area contributed by atoms with Crippen LogP contribution in [-0.2, 0) is 0 Å². The second-order valence-electron chi connectivity index (χ2n) is 6.97. The molecule has 32 heavy (non-hydrogen) atoms. The lowest BCUT2D eigenvalue weighted by atomic mass is 10.1. The van der Waals surface area contributed by atoms with E-state index in [1.54, 1.807) is 30.3 Å². The molecule has 0 atom stereocenters. The Kier molecular flexibility index (Phi) is 5.13. The van der Waals surface area contributed by atoms with Crippen molar-refractivity contribution in [2.24, 2.45) is 5.10 Å². The maximum atomic E-state index is 9.92. The largest absolute Gasteiger partial charge is 0.504 e. The number of aromatic hydroxyl groups is 1. The minimum absolute atomic E-state index is 0.0262. The lowest BCUT2D eigenvalue weighted by Crippen LogP contribution is -2.08. The van der Waals surface area contributed by atoms with E-state index in [0.29, 0.717) is 49.4 Å². The molecule has 3 N–H and O–H groups in total. The number of phenols is 1. The number of hydrogen-bond donors (Lipinski definition) is 3. The van der Waals surface area contributed by atoms with E-state index in [2.05, 4.69) is 20.5 Å². The Bertz CT molecular complexity index is 1510. The molecule has 0 spiro atoms. The van der Waals surface area contributed by atoms with E-state index >= 15 is 0 Å². The second-order valence-corrected chi connectivity index (χ2v) is 7.82. The van der Waals surface area contributed by atoms with Gasteiger partial charge in [0.1, 0.15) is 5.76 Å². The van der Waals surface area contributed by atoms with Gasteiger partial charge in [-0.15, -0.1) is 0 Å². The lowest BCUT2D eigenvalue weighted by Gasteiger charge is -2.09. The normalized spacial score (nSPS) is 11.9. The number of aromatic amines is 1. The molecule has 0 amide bonds. The van der Waals surface area contributed by atoms with E-state index in [-0.39, 0.29) is 5.75 Å². The predicted molar refractivity (Wildman–Crippen MR) is 125 cm³/mol. The molecule has 2 heterocycles. The highest BCUT2D eigenvalue weighted by molar-refractivity contribution is 6.38. The Labute approximate surface area is 191 Å². The van der Waals surface area contributed by atoms with Gasteiger partial charge in [0.2, 0.25) is 5.95 Å². The number of benzene rings is 3. The highest BCUT2D eigenvalue weighted by Crippen LogP contribution is 2.34. The summed E-state index contributed by atoms with van der Waals surface area (Å²) in [5.41, 5.74) is 5.76. The molecular formula is C23H16Cl2N4O3. The van der Waals surface area contributed by atoms with E-state index in [1.165, 1.54) is 13.2 Å². The molecule has 0 aliphatic carbocycles. The number of nitrogens with zero attached hydrogens (tertiary/aromatic N) is 2. The number of H-pyrrole nitrogens is 1. The number of hydrogen-bond acceptors (Lipinski definition) is 6. The van der Waals surface area contributed by atoms with Crippen LogP contribution in [0.25, 0.3) is 33.3 Å². The number of anilines is 1. The number of ether oxygens (including phenoxy) is 1. The van der Waals surface area contributed by atoms with Crippen LogP contribution in [-0.4, -0.2) is 22.2 Å². The zero-order valence-corrected chi connectivity index (χ0v) is 18.2. The van der Waals surface area contributed by atoms with Crippen LogP contribution in [0, 0.1) is 0 Å². The second kappa shape index (κ2) is 8.11. The standard InChI is InChI=1S/C23H16Cl2N4O3/c1-31-21-8-12(6-7-19(21)30)20-11-18(14-9-13(24)10-15(25)22(14)32-20)28-29-23-26-16-4-2-3-5-17(16)27-23/h2-11,30H,1H3,(H2,26,27,29). The highest BCUT2D eigenvalue weighted by Gasteiger charge is 2.13. The van der Waals surface area contributed by atoms with Gasteiger partial charge >= 0.3 is 0 Å². The van der Waals surface area contributed by atoms with Crippen molar-refractivity contribution in [2.45, 2.75) is 0 Å². The zero-order chi connectivity index (χ0) is 22.2. The molecule has 0 unspecified atom stereocenters. The van der Waals surface area contributed by atoms with E-state index in [0.717, 1.165) is 11.0 Å². The molecule has 0 saturated carbocycles. The minimum atomic E-state index is 0.0262. The van der Waals surface area contributed by atoms with E-state index in [9.17, 15) is 5.11 Å². The summed E-state index contributed by atoms with van der Waals surface area (Å²) in [6, 6.07) is 17.7. The average Bonchev–Trinajstić information content (AvgIpc) is 3.21. The van der Waals surface area contributed by atoms with Crippen LogP contribution < -0.4 is 15.5 Å². The van der Waals surface area contributed by atoms with Gasteiger partial charge in [-0.25, -0.2) is 10.4 Å². The number of rotatable bonds is 4. The van der Waals surface area contributed by atoms with Gasteiger partial charge in [0, 0.05) is 22.0 Å². The van der Waals surface area contributed by atoms with Crippen LogP contribution in [0.1, 0.15) is 0 Å². The van der Waals surface area contributed by atoms with Crippen molar-refractivity contribution in [3.63, 3.8) is 0 Å². The first-order chi connectivity index (χ1) is 15.5. The fourth-order valence-electron chi connectivity index (χ4n) is 3.38. The van der Waals surface area contributed by atoms with Crippen LogP contribution >= 0.6 is 23.2 Å². The van der Waals surface area contributed by atoms with Crippen molar-refractivity contribution in [1.29, 1.82) is 0 Å². The first kappa shape index (κ1) is 20.2. The average molecular weight is 467 g/mol. The topological polar surface area (TPSA) is 95.7 Å². The Morgan fingerprint density at radius 1 is 1.09 bits per heavy atom. The molecule has 3 aromatic carbocycles. The maximum absolute atomic E-state index is 9.92. The monoisotopic (exact) mass is 466 g/mol. The van der Waals surface area contributed by atoms with Gasteiger partial charge in [0.15, 0.2) is 17.1 Å². The number of nitrogens with one attached hydrogen (secondary N) is 2. The summed E-state index contributed by atoms with van der Waals surface area (Å²) >= 11 is 12.7. The van der Waals surface area contributed by atoms with Crippen LogP contribution in [0.4, 0.5) is 5.95 Å². The van der Waals surface area contributed by atoms with Gasteiger partial charge in [-0.3, -0.25) is 0 Å². The molecule has 0 bridgehead atoms. The van der Waals surface area contributed by atoms with Crippen LogP contribution in [0.5, 0.6) is 11.5 Å². The van der Waals surface area contributed by atoms with Gasteiger partial charge in [-0.1, -0.05) is 35.3 Å². The number of aromatic nitrogens is 2.